The molecule has 1 aromatic carbocycles. The number of hydrogen-bond acceptors (Lipinski definition) is 3. The van der Waals surface area contributed by atoms with Crippen molar-refractivity contribution in [2.75, 3.05) is 14.1 Å². The highest BCUT2D eigenvalue weighted by atomic mass is 32.2. The number of benzene rings is 1. The van der Waals surface area contributed by atoms with Gasteiger partial charge >= 0.3 is 0 Å². The highest BCUT2D eigenvalue weighted by molar-refractivity contribution is 8.18. The molecule has 2 heterocycles. The maximum absolute atomic E-state index is 12.1. The Bertz CT molecular complexity index is 746. The van der Waals surface area contributed by atoms with Crippen molar-refractivity contribution in [3.05, 3.63) is 64.8 Å². The number of aromatic nitrogens is 1. The number of aliphatic imine (C=N–C) groups is 1. The maximum Gasteiger partial charge on any atom is 0.266 e. The van der Waals surface area contributed by atoms with Gasteiger partial charge in [-0.05, 0) is 35.0 Å². The van der Waals surface area contributed by atoms with Crippen molar-refractivity contribution in [3.8, 4) is 0 Å². The minimum atomic E-state index is 0.00130. The quantitative estimate of drug-likeness (QED) is 0.817. The SMILES string of the molecule is CN=C1S/C(=C\c2ccn(Cc3ccccc3)c2)C(=O)N1C. The second-order valence-electron chi connectivity index (χ2n) is 5.08. The second-order valence-corrected chi connectivity index (χ2v) is 6.09. The minimum Gasteiger partial charge on any atom is -0.349 e. The van der Waals surface area contributed by atoms with E-state index in [0.29, 0.717) is 4.91 Å². The second kappa shape index (κ2) is 6.23. The molecular weight excluding hydrogens is 294 g/mol. The average molecular weight is 311 g/mol. The van der Waals surface area contributed by atoms with Crippen LogP contribution in [0.2, 0.25) is 0 Å². The van der Waals surface area contributed by atoms with E-state index >= 15 is 0 Å². The monoisotopic (exact) mass is 311 g/mol. The molecule has 3 rings (SSSR count). The van der Waals surface area contributed by atoms with E-state index in [2.05, 4.69) is 27.9 Å². The molecule has 1 fully saturated rings. The Morgan fingerprint density at radius 1 is 1.23 bits per heavy atom. The highest BCUT2D eigenvalue weighted by Crippen LogP contribution is 2.31. The van der Waals surface area contributed by atoms with Crippen LogP contribution in [0.3, 0.4) is 0 Å². The summed E-state index contributed by atoms with van der Waals surface area (Å²) in [6.07, 6.45) is 6.00. The number of rotatable bonds is 3. The molecule has 112 valence electrons. The number of carbonyl (C=O) groups is 1. The molecule has 0 aliphatic carbocycles. The number of thioether (sulfide) groups is 1. The van der Waals surface area contributed by atoms with Crippen molar-refractivity contribution in [3.63, 3.8) is 0 Å². The Morgan fingerprint density at radius 3 is 2.68 bits per heavy atom. The molecule has 0 bridgehead atoms. The fraction of sp³-hybridized carbons (Fsp3) is 0.176. The van der Waals surface area contributed by atoms with Crippen LogP contribution in [0.5, 0.6) is 0 Å². The van der Waals surface area contributed by atoms with Crippen LogP contribution in [0.4, 0.5) is 0 Å². The smallest absolute Gasteiger partial charge is 0.266 e. The number of hydrogen-bond donors (Lipinski definition) is 0. The van der Waals surface area contributed by atoms with E-state index in [1.165, 1.54) is 17.3 Å². The summed E-state index contributed by atoms with van der Waals surface area (Å²) in [6, 6.07) is 12.3. The van der Waals surface area contributed by atoms with Gasteiger partial charge < -0.3 is 4.57 Å². The first-order chi connectivity index (χ1) is 10.7. The maximum atomic E-state index is 12.1. The summed E-state index contributed by atoms with van der Waals surface area (Å²) >= 11 is 1.41. The number of carbonyl (C=O) groups excluding carboxylic acids is 1. The topological polar surface area (TPSA) is 37.6 Å². The van der Waals surface area contributed by atoms with Gasteiger partial charge in [0.15, 0.2) is 5.17 Å². The third-order valence-electron chi connectivity index (χ3n) is 3.47. The van der Waals surface area contributed by atoms with E-state index in [-0.39, 0.29) is 5.91 Å². The van der Waals surface area contributed by atoms with E-state index < -0.39 is 0 Å². The largest absolute Gasteiger partial charge is 0.349 e. The lowest BCUT2D eigenvalue weighted by Crippen LogP contribution is -2.23. The fourth-order valence-electron chi connectivity index (χ4n) is 2.34. The summed E-state index contributed by atoms with van der Waals surface area (Å²) in [7, 11) is 3.45. The summed E-state index contributed by atoms with van der Waals surface area (Å²) < 4.78 is 2.12. The van der Waals surface area contributed by atoms with Crippen molar-refractivity contribution in [2.24, 2.45) is 4.99 Å². The molecule has 5 heteroatoms. The van der Waals surface area contributed by atoms with Crippen molar-refractivity contribution in [1.82, 2.24) is 9.47 Å². The van der Waals surface area contributed by atoms with Crippen LogP contribution in [-0.2, 0) is 11.3 Å². The molecule has 0 radical (unpaired) electrons. The van der Waals surface area contributed by atoms with Gasteiger partial charge in [-0.2, -0.15) is 0 Å². The average Bonchev–Trinajstić information content (AvgIpc) is 3.08. The van der Waals surface area contributed by atoms with Gasteiger partial charge in [0.2, 0.25) is 0 Å². The van der Waals surface area contributed by atoms with Crippen LogP contribution >= 0.6 is 11.8 Å². The van der Waals surface area contributed by atoms with Gasteiger partial charge in [-0.25, -0.2) is 0 Å². The summed E-state index contributed by atoms with van der Waals surface area (Å²) in [5.74, 6) is 0.00130. The van der Waals surface area contributed by atoms with Crippen LogP contribution in [0.1, 0.15) is 11.1 Å². The van der Waals surface area contributed by atoms with E-state index in [1.807, 2.05) is 36.5 Å². The highest BCUT2D eigenvalue weighted by Gasteiger charge is 2.29. The van der Waals surface area contributed by atoms with Crippen molar-refractivity contribution in [1.29, 1.82) is 0 Å². The summed E-state index contributed by atoms with van der Waals surface area (Å²) in [5.41, 5.74) is 2.28. The van der Waals surface area contributed by atoms with Crippen molar-refractivity contribution < 1.29 is 4.79 Å². The van der Waals surface area contributed by atoms with Crippen molar-refractivity contribution in [2.45, 2.75) is 6.54 Å². The molecule has 1 saturated heterocycles. The number of amidine groups is 1. The lowest BCUT2D eigenvalue weighted by atomic mass is 10.2. The summed E-state index contributed by atoms with van der Waals surface area (Å²) in [6.45, 7) is 0.826. The third-order valence-corrected chi connectivity index (χ3v) is 4.63. The first-order valence-electron chi connectivity index (χ1n) is 7.01. The van der Waals surface area contributed by atoms with Crippen LogP contribution in [-0.4, -0.2) is 34.6 Å². The Hall–Kier alpha value is -2.27. The molecule has 22 heavy (non-hydrogen) atoms. The van der Waals surface area contributed by atoms with Gasteiger partial charge in [-0.3, -0.25) is 14.7 Å². The molecule has 0 spiro atoms. The van der Waals surface area contributed by atoms with E-state index in [4.69, 9.17) is 0 Å². The third kappa shape index (κ3) is 2.99. The zero-order chi connectivity index (χ0) is 15.5. The van der Waals surface area contributed by atoms with Gasteiger partial charge in [-0.15, -0.1) is 0 Å². The molecule has 1 amide bonds. The lowest BCUT2D eigenvalue weighted by molar-refractivity contribution is -0.121. The molecule has 2 aromatic rings. The number of amides is 1. The predicted octanol–water partition coefficient (Wildman–Crippen LogP) is 3.07. The first kappa shape index (κ1) is 14.7. The van der Waals surface area contributed by atoms with Gasteiger partial charge in [0.1, 0.15) is 0 Å². The van der Waals surface area contributed by atoms with Gasteiger partial charge in [0, 0.05) is 33.0 Å². The summed E-state index contributed by atoms with van der Waals surface area (Å²) in [5, 5.41) is 0.736. The van der Waals surface area contributed by atoms with Crippen LogP contribution in [0.15, 0.2) is 58.7 Å². The number of nitrogens with zero attached hydrogens (tertiary/aromatic N) is 3. The Kier molecular flexibility index (Phi) is 4.15. The molecule has 1 aliphatic rings. The lowest BCUT2D eigenvalue weighted by Gasteiger charge is -2.04. The molecule has 4 nitrogen and oxygen atoms in total. The summed E-state index contributed by atoms with van der Waals surface area (Å²) in [4.78, 5) is 18.5. The van der Waals surface area contributed by atoms with E-state index in [1.54, 1.807) is 19.0 Å². The molecule has 0 saturated carbocycles. The first-order valence-corrected chi connectivity index (χ1v) is 7.83. The van der Waals surface area contributed by atoms with Gasteiger partial charge in [-0.1, -0.05) is 30.3 Å². The zero-order valence-electron chi connectivity index (χ0n) is 12.6. The Labute approximate surface area is 134 Å². The van der Waals surface area contributed by atoms with Crippen molar-refractivity contribution >= 4 is 28.9 Å². The zero-order valence-corrected chi connectivity index (χ0v) is 13.4. The molecular formula is C17H17N3OS. The number of likely N-dealkylation sites (N-methyl/N-ethyl adjacent to an activating group) is 1. The Morgan fingerprint density at radius 2 is 2.00 bits per heavy atom. The van der Waals surface area contributed by atoms with Crippen LogP contribution in [0.25, 0.3) is 6.08 Å². The predicted molar refractivity (Wildman–Crippen MR) is 91.7 cm³/mol. The fourth-order valence-corrected chi connectivity index (χ4v) is 3.27. The minimum absolute atomic E-state index is 0.00130. The van der Waals surface area contributed by atoms with Crippen LogP contribution < -0.4 is 0 Å². The van der Waals surface area contributed by atoms with E-state index in [9.17, 15) is 4.79 Å². The normalized spacial score (nSPS) is 18.6. The van der Waals surface area contributed by atoms with Gasteiger partial charge in [0.05, 0.1) is 4.91 Å². The van der Waals surface area contributed by atoms with E-state index in [0.717, 1.165) is 17.3 Å². The molecule has 1 aromatic heterocycles. The molecule has 1 aliphatic heterocycles. The molecule has 0 N–H and O–H groups in total. The molecule has 0 unspecified atom stereocenters. The molecule has 0 atom stereocenters. The Balaban J connectivity index is 1.77. The standard InChI is InChI=1S/C17H17N3OS/c1-18-17-19(2)16(21)15(22-17)10-14-8-9-20(12-14)11-13-6-4-3-5-7-13/h3-10,12H,11H2,1-2H3/b15-10-,18-17?. The van der Waals surface area contributed by atoms with Crippen LogP contribution in [0, 0.1) is 0 Å². The van der Waals surface area contributed by atoms with Gasteiger partial charge in [0.25, 0.3) is 5.91 Å².